The van der Waals surface area contributed by atoms with Crippen molar-refractivity contribution in [3.63, 3.8) is 0 Å². The smallest absolute Gasteiger partial charge is 0.310 e. The fraction of sp³-hybridized carbons (Fsp3) is 0.429. The van der Waals surface area contributed by atoms with Gasteiger partial charge in [0.25, 0.3) is 5.91 Å². The quantitative estimate of drug-likeness (QED) is 0.664. The second-order valence-electron chi connectivity index (χ2n) is 7.47. The van der Waals surface area contributed by atoms with Gasteiger partial charge in [0.05, 0.1) is 17.7 Å². The topological polar surface area (TPSA) is 113 Å². The Balaban J connectivity index is 1.53. The summed E-state index contributed by atoms with van der Waals surface area (Å²) in [5, 5.41) is 18.9. The van der Waals surface area contributed by atoms with Crippen LogP contribution < -0.4 is 10.6 Å². The molecule has 1 heterocycles. The van der Waals surface area contributed by atoms with Crippen LogP contribution in [-0.2, 0) is 16.1 Å². The van der Waals surface area contributed by atoms with E-state index in [0.717, 1.165) is 25.7 Å². The third kappa shape index (κ3) is 5.66. The van der Waals surface area contributed by atoms with Gasteiger partial charge >= 0.3 is 5.97 Å². The number of aliphatic carboxylic acids is 1. The molecule has 29 heavy (non-hydrogen) atoms. The largest absolute Gasteiger partial charge is 0.481 e. The van der Waals surface area contributed by atoms with E-state index in [1.54, 1.807) is 31.2 Å². The van der Waals surface area contributed by atoms with E-state index in [2.05, 4.69) is 15.7 Å². The Morgan fingerprint density at radius 3 is 2.52 bits per heavy atom. The first kappa shape index (κ1) is 20.6. The Morgan fingerprint density at radius 1 is 1.17 bits per heavy atom. The highest BCUT2D eigenvalue weighted by Gasteiger charge is 2.17. The molecule has 1 aliphatic carbocycles. The van der Waals surface area contributed by atoms with Crippen molar-refractivity contribution in [3.8, 4) is 0 Å². The van der Waals surface area contributed by atoms with Gasteiger partial charge in [-0.2, -0.15) is 5.10 Å². The molecule has 2 aromatic rings. The van der Waals surface area contributed by atoms with Crippen LogP contribution in [0.2, 0.25) is 0 Å². The van der Waals surface area contributed by atoms with Gasteiger partial charge in [0.1, 0.15) is 6.54 Å². The van der Waals surface area contributed by atoms with Crippen LogP contribution in [-0.4, -0.2) is 38.7 Å². The maximum Gasteiger partial charge on any atom is 0.310 e. The molecule has 3 rings (SSSR count). The second-order valence-corrected chi connectivity index (χ2v) is 7.47. The molecule has 0 spiro atoms. The van der Waals surface area contributed by atoms with Crippen molar-refractivity contribution in [2.24, 2.45) is 0 Å². The van der Waals surface area contributed by atoms with Gasteiger partial charge in [0, 0.05) is 17.9 Å². The van der Waals surface area contributed by atoms with Gasteiger partial charge in [-0.25, -0.2) is 0 Å². The summed E-state index contributed by atoms with van der Waals surface area (Å²) in [7, 11) is 0. The number of carboxylic acids is 1. The second kappa shape index (κ2) is 9.36. The summed E-state index contributed by atoms with van der Waals surface area (Å²) in [6.07, 6.45) is 8.51. The first-order valence-corrected chi connectivity index (χ1v) is 9.88. The highest BCUT2D eigenvalue weighted by Crippen LogP contribution is 2.19. The molecule has 154 valence electrons. The maximum absolute atomic E-state index is 12.4. The maximum atomic E-state index is 12.4. The minimum absolute atomic E-state index is 0.0750. The van der Waals surface area contributed by atoms with Crippen molar-refractivity contribution >= 4 is 23.5 Å². The van der Waals surface area contributed by atoms with Crippen molar-refractivity contribution < 1.29 is 19.5 Å². The van der Waals surface area contributed by atoms with Gasteiger partial charge in [-0.15, -0.1) is 0 Å². The molecule has 1 aromatic heterocycles. The number of hydrogen-bond donors (Lipinski definition) is 3. The number of nitrogens with one attached hydrogen (secondary N) is 2. The van der Waals surface area contributed by atoms with E-state index in [0.29, 0.717) is 16.8 Å². The highest BCUT2D eigenvalue weighted by molar-refractivity contribution is 6.04. The molecule has 1 fully saturated rings. The van der Waals surface area contributed by atoms with E-state index < -0.39 is 11.9 Å². The van der Waals surface area contributed by atoms with Crippen LogP contribution in [0.4, 0.5) is 5.69 Å². The zero-order chi connectivity index (χ0) is 20.8. The predicted molar refractivity (Wildman–Crippen MR) is 108 cm³/mol. The number of anilines is 1. The van der Waals surface area contributed by atoms with Gasteiger partial charge in [0.2, 0.25) is 5.91 Å². The molecule has 3 N–H and O–H groups in total. The molecule has 8 heteroatoms. The highest BCUT2D eigenvalue weighted by atomic mass is 16.4. The van der Waals surface area contributed by atoms with Crippen molar-refractivity contribution in [1.82, 2.24) is 15.1 Å². The number of carbonyl (C=O) groups excluding carboxylic acids is 2. The van der Waals surface area contributed by atoms with E-state index in [1.165, 1.54) is 23.5 Å². The molecule has 0 bridgehead atoms. The van der Waals surface area contributed by atoms with Gasteiger partial charge in [0.15, 0.2) is 0 Å². The van der Waals surface area contributed by atoms with Crippen LogP contribution in [0.15, 0.2) is 36.7 Å². The molecule has 1 aromatic carbocycles. The number of amides is 2. The SMILES string of the molecule is CC(C(=O)O)c1ccc(NC(=O)c2cnn(CC(=O)NC3CCCCC3)c2)cc1. The average molecular weight is 398 g/mol. The molecule has 1 aliphatic rings. The summed E-state index contributed by atoms with van der Waals surface area (Å²) < 4.78 is 1.45. The summed E-state index contributed by atoms with van der Waals surface area (Å²) in [6, 6.07) is 6.91. The Kier molecular flexibility index (Phi) is 6.64. The summed E-state index contributed by atoms with van der Waals surface area (Å²) in [5.74, 6) is -1.96. The summed E-state index contributed by atoms with van der Waals surface area (Å²) in [4.78, 5) is 35.6. The van der Waals surface area contributed by atoms with E-state index in [9.17, 15) is 14.4 Å². The number of carboxylic acid groups (broad SMARTS) is 1. The third-order valence-corrected chi connectivity index (χ3v) is 5.21. The van der Waals surface area contributed by atoms with Gasteiger partial charge < -0.3 is 15.7 Å². The molecule has 8 nitrogen and oxygen atoms in total. The molecular weight excluding hydrogens is 372 g/mol. The molecule has 2 amide bonds. The summed E-state index contributed by atoms with van der Waals surface area (Å²) in [6.45, 7) is 1.68. The molecule has 0 saturated heterocycles. The standard InChI is InChI=1S/C21H26N4O4/c1-14(21(28)29)15-7-9-18(10-8-15)24-20(27)16-11-22-25(12-16)13-19(26)23-17-5-3-2-4-6-17/h7-12,14,17H,2-6,13H2,1H3,(H,23,26)(H,24,27)(H,28,29). The third-order valence-electron chi connectivity index (χ3n) is 5.21. The minimum atomic E-state index is -0.901. The monoisotopic (exact) mass is 398 g/mol. The molecule has 1 unspecified atom stereocenters. The van der Waals surface area contributed by atoms with Gasteiger partial charge in [-0.1, -0.05) is 31.4 Å². The minimum Gasteiger partial charge on any atom is -0.481 e. The van der Waals surface area contributed by atoms with E-state index >= 15 is 0 Å². The van der Waals surface area contributed by atoms with E-state index in [1.807, 2.05) is 0 Å². The van der Waals surface area contributed by atoms with Crippen LogP contribution >= 0.6 is 0 Å². The fourth-order valence-electron chi connectivity index (χ4n) is 3.44. The normalized spacial score (nSPS) is 15.5. The predicted octanol–water partition coefficient (Wildman–Crippen LogP) is 2.77. The fourth-order valence-corrected chi connectivity index (χ4v) is 3.44. The van der Waals surface area contributed by atoms with E-state index in [4.69, 9.17) is 5.11 Å². The first-order valence-electron chi connectivity index (χ1n) is 9.88. The molecule has 1 atom stereocenters. The zero-order valence-corrected chi connectivity index (χ0v) is 16.4. The lowest BCUT2D eigenvalue weighted by Crippen LogP contribution is -2.38. The molecule has 0 aliphatic heterocycles. The van der Waals surface area contributed by atoms with Gasteiger partial charge in [-0.05, 0) is 37.5 Å². The molecule has 0 radical (unpaired) electrons. The van der Waals surface area contributed by atoms with Crippen LogP contribution in [0, 0.1) is 0 Å². The van der Waals surface area contributed by atoms with Crippen molar-refractivity contribution in [2.75, 3.05) is 5.32 Å². The summed E-state index contributed by atoms with van der Waals surface area (Å²) >= 11 is 0. The lowest BCUT2D eigenvalue weighted by molar-refractivity contribution is -0.138. The van der Waals surface area contributed by atoms with Crippen molar-refractivity contribution in [3.05, 3.63) is 47.8 Å². The summed E-state index contributed by atoms with van der Waals surface area (Å²) in [5.41, 5.74) is 1.56. The number of hydrogen-bond acceptors (Lipinski definition) is 4. The number of rotatable bonds is 7. The van der Waals surface area contributed by atoms with Crippen LogP contribution in [0.1, 0.15) is 60.9 Å². The number of aromatic nitrogens is 2. The number of benzene rings is 1. The molecule has 1 saturated carbocycles. The van der Waals surface area contributed by atoms with Crippen LogP contribution in [0.5, 0.6) is 0 Å². The number of carbonyl (C=O) groups is 3. The van der Waals surface area contributed by atoms with Crippen LogP contribution in [0.25, 0.3) is 0 Å². The van der Waals surface area contributed by atoms with Crippen molar-refractivity contribution in [1.29, 1.82) is 0 Å². The Labute approximate surface area is 169 Å². The van der Waals surface area contributed by atoms with Gasteiger partial charge in [-0.3, -0.25) is 19.1 Å². The number of nitrogens with zero attached hydrogens (tertiary/aromatic N) is 2. The zero-order valence-electron chi connectivity index (χ0n) is 16.4. The Bertz CT molecular complexity index is 869. The first-order chi connectivity index (χ1) is 13.9. The molecular formula is C21H26N4O4. The lowest BCUT2D eigenvalue weighted by Gasteiger charge is -2.22. The van der Waals surface area contributed by atoms with Crippen molar-refractivity contribution in [2.45, 2.75) is 57.5 Å². The van der Waals surface area contributed by atoms with Crippen LogP contribution in [0.3, 0.4) is 0 Å². The lowest BCUT2D eigenvalue weighted by atomic mass is 9.95. The Morgan fingerprint density at radius 2 is 1.86 bits per heavy atom. The van der Waals surface area contributed by atoms with E-state index in [-0.39, 0.29) is 24.4 Å². The average Bonchev–Trinajstić information content (AvgIpc) is 3.17. The Hall–Kier alpha value is -3.16.